The van der Waals surface area contributed by atoms with Crippen molar-refractivity contribution in [2.75, 3.05) is 26.2 Å². The monoisotopic (exact) mass is 276 g/mol. The minimum atomic E-state index is 0.548. The van der Waals surface area contributed by atoms with Gasteiger partial charge in [0.25, 0.3) is 0 Å². The van der Waals surface area contributed by atoms with Crippen molar-refractivity contribution < 1.29 is 4.42 Å². The molecule has 5 heteroatoms. The van der Waals surface area contributed by atoms with Crippen LogP contribution in [-0.2, 0) is 6.54 Å². The van der Waals surface area contributed by atoms with Gasteiger partial charge in [0.2, 0.25) is 11.8 Å². The van der Waals surface area contributed by atoms with E-state index >= 15 is 0 Å². The first-order chi connectivity index (χ1) is 9.88. The molecule has 5 nitrogen and oxygen atoms in total. The third-order valence-corrected chi connectivity index (χ3v) is 5.29. The molecule has 0 spiro atoms. The lowest BCUT2D eigenvalue weighted by Crippen LogP contribution is -2.51. The summed E-state index contributed by atoms with van der Waals surface area (Å²) in [6, 6.07) is 0.880. The summed E-state index contributed by atoms with van der Waals surface area (Å²) in [7, 11) is 0. The second kappa shape index (κ2) is 5.45. The maximum Gasteiger partial charge on any atom is 0.230 e. The van der Waals surface area contributed by atoms with E-state index < -0.39 is 0 Å². The predicted molar refractivity (Wildman–Crippen MR) is 75.4 cm³/mol. The summed E-state index contributed by atoms with van der Waals surface area (Å²) >= 11 is 0. The highest BCUT2D eigenvalue weighted by atomic mass is 16.4. The van der Waals surface area contributed by atoms with Crippen molar-refractivity contribution in [1.29, 1.82) is 0 Å². The summed E-state index contributed by atoms with van der Waals surface area (Å²) < 4.78 is 5.82. The second-order valence-electron chi connectivity index (χ2n) is 6.56. The van der Waals surface area contributed by atoms with Crippen LogP contribution < -0.4 is 0 Å². The fourth-order valence-electron chi connectivity index (χ4n) is 3.38. The molecule has 2 heterocycles. The molecule has 0 unspecified atom stereocenters. The molecule has 1 aromatic heterocycles. The molecular formula is C15H24N4O. The topological polar surface area (TPSA) is 45.4 Å². The van der Waals surface area contributed by atoms with Crippen molar-refractivity contribution in [2.45, 2.75) is 57.0 Å². The Morgan fingerprint density at radius 1 is 0.950 bits per heavy atom. The number of aromatic nitrogens is 2. The van der Waals surface area contributed by atoms with E-state index in [1.165, 1.54) is 51.6 Å². The van der Waals surface area contributed by atoms with E-state index in [0.29, 0.717) is 5.92 Å². The Kier molecular flexibility index (Phi) is 3.48. The first-order valence-corrected chi connectivity index (χ1v) is 8.17. The Balaban J connectivity index is 1.28. The lowest BCUT2D eigenvalue weighted by Gasteiger charge is -2.42. The number of piperazine rings is 1. The van der Waals surface area contributed by atoms with Crippen LogP contribution in [0.2, 0.25) is 0 Å². The molecule has 1 aromatic rings. The minimum Gasteiger partial charge on any atom is -0.424 e. The maximum atomic E-state index is 5.82. The van der Waals surface area contributed by atoms with Crippen LogP contribution >= 0.6 is 0 Å². The largest absolute Gasteiger partial charge is 0.424 e. The molecule has 0 aromatic carbocycles. The van der Waals surface area contributed by atoms with E-state index in [1.54, 1.807) is 0 Å². The molecule has 1 aliphatic heterocycles. The van der Waals surface area contributed by atoms with Crippen molar-refractivity contribution in [2.24, 2.45) is 0 Å². The normalized spacial score (nSPS) is 26.4. The van der Waals surface area contributed by atoms with E-state index in [4.69, 9.17) is 4.42 Å². The van der Waals surface area contributed by atoms with Gasteiger partial charge in [-0.2, -0.15) is 0 Å². The van der Waals surface area contributed by atoms with Gasteiger partial charge in [-0.15, -0.1) is 10.2 Å². The Morgan fingerprint density at radius 2 is 1.70 bits per heavy atom. The summed E-state index contributed by atoms with van der Waals surface area (Å²) in [4.78, 5) is 5.11. The van der Waals surface area contributed by atoms with Crippen molar-refractivity contribution >= 4 is 0 Å². The Bertz CT molecular complexity index is 444. The van der Waals surface area contributed by atoms with Gasteiger partial charge < -0.3 is 4.42 Å². The quantitative estimate of drug-likeness (QED) is 0.841. The number of nitrogens with zero attached hydrogens (tertiary/aromatic N) is 4. The smallest absolute Gasteiger partial charge is 0.230 e. The molecule has 0 amide bonds. The van der Waals surface area contributed by atoms with Crippen LogP contribution in [0.1, 0.15) is 56.2 Å². The lowest BCUT2D eigenvalue weighted by atomic mass is 9.85. The number of hydrogen-bond donors (Lipinski definition) is 0. The summed E-state index contributed by atoms with van der Waals surface area (Å²) in [5.74, 6) is 2.23. The second-order valence-corrected chi connectivity index (χ2v) is 6.56. The molecule has 3 fully saturated rings. The van der Waals surface area contributed by atoms with Crippen LogP contribution in [0.4, 0.5) is 0 Å². The van der Waals surface area contributed by atoms with Crippen molar-refractivity contribution in [3.8, 4) is 0 Å². The molecule has 0 N–H and O–H groups in total. The predicted octanol–water partition coefficient (Wildman–Crippen LogP) is 2.01. The van der Waals surface area contributed by atoms with E-state index in [1.807, 2.05) is 0 Å². The molecule has 1 saturated heterocycles. The van der Waals surface area contributed by atoms with Gasteiger partial charge >= 0.3 is 0 Å². The maximum absolute atomic E-state index is 5.82. The molecule has 110 valence electrons. The van der Waals surface area contributed by atoms with Gasteiger partial charge in [0.1, 0.15) is 0 Å². The van der Waals surface area contributed by atoms with Crippen LogP contribution in [0.5, 0.6) is 0 Å². The average molecular weight is 276 g/mol. The molecular weight excluding hydrogens is 252 g/mol. The minimum absolute atomic E-state index is 0.548. The Morgan fingerprint density at radius 3 is 2.30 bits per heavy atom. The third kappa shape index (κ3) is 2.49. The SMILES string of the molecule is C1CC(c2nnc(CN3CCN(C4CCC4)CC3)o2)C1. The molecule has 4 rings (SSSR count). The molecule has 0 atom stereocenters. The van der Waals surface area contributed by atoms with Gasteiger partial charge in [-0.25, -0.2) is 0 Å². The summed E-state index contributed by atoms with van der Waals surface area (Å²) in [5.41, 5.74) is 0. The van der Waals surface area contributed by atoms with Crippen molar-refractivity contribution in [1.82, 2.24) is 20.0 Å². The lowest BCUT2D eigenvalue weighted by molar-refractivity contribution is 0.0551. The highest BCUT2D eigenvalue weighted by Crippen LogP contribution is 2.35. The zero-order chi connectivity index (χ0) is 13.4. The fraction of sp³-hybridized carbons (Fsp3) is 0.867. The van der Waals surface area contributed by atoms with E-state index in [0.717, 1.165) is 37.5 Å². The van der Waals surface area contributed by atoms with E-state index in [9.17, 15) is 0 Å². The highest BCUT2D eigenvalue weighted by Gasteiger charge is 2.29. The van der Waals surface area contributed by atoms with Gasteiger partial charge in [0.15, 0.2) is 0 Å². The van der Waals surface area contributed by atoms with Gasteiger partial charge in [0, 0.05) is 38.1 Å². The fourth-order valence-corrected chi connectivity index (χ4v) is 3.38. The van der Waals surface area contributed by atoms with Crippen LogP contribution in [0, 0.1) is 0 Å². The summed E-state index contributed by atoms with van der Waals surface area (Å²) in [6.45, 7) is 5.51. The molecule has 2 aliphatic carbocycles. The Labute approximate surface area is 120 Å². The molecule has 3 aliphatic rings. The summed E-state index contributed by atoms with van der Waals surface area (Å²) in [6.07, 6.45) is 8.01. The number of rotatable bonds is 4. The van der Waals surface area contributed by atoms with E-state index in [2.05, 4.69) is 20.0 Å². The van der Waals surface area contributed by atoms with Gasteiger partial charge in [-0.1, -0.05) is 12.8 Å². The summed E-state index contributed by atoms with van der Waals surface area (Å²) in [5, 5.41) is 8.44. The van der Waals surface area contributed by atoms with Gasteiger partial charge in [-0.05, 0) is 25.7 Å². The zero-order valence-electron chi connectivity index (χ0n) is 12.1. The van der Waals surface area contributed by atoms with Gasteiger partial charge in [-0.3, -0.25) is 9.80 Å². The first-order valence-electron chi connectivity index (χ1n) is 8.17. The van der Waals surface area contributed by atoms with E-state index in [-0.39, 0.29) is 0 Å². The van der Waals surface area contributed by atoms with Crippen LogP contribution in [0.3, 0.4) is 0 Å². The first kappa shape index (κ1) is 12.8. The average Bonchev–Trinajstić information content (AvgIpc) is 2.75. The van der Waals surface area contributed by atoms with Crippen LogP contribution in [0.15, 0.2) is 4.42 Å². The third-order valence-electron chi connectivity index (χ3n) is 5.29. The van der Waals surface area contributed by atoms with Gasteiger partial charge in [0.05, 0.1) is 6.54 Å². The molecule has 2 saturated carbocycles. The standard InChI is InChI=1S/C15H24N4O/c1-3-12(4-1)15-17-16-14(20-15)11-18-7-9-19(10-8-18)13-5-2-6-13/h12-13H,1-11H2. The Hall–Kier alpha value is -0.940. The van der Waals surface area contributed by atoms with Crippen molar-refractivity contribution in [3.05, 3.63) is 11.8 Å². The van der Waals surface area contributed by atoms with Crippen LogP contribution in [-0.4, -0.2) is 52.2 Å². The number of hydrogen-bond acceptors (Lipinski definition) is 5. The highest BCUT2D eigenvalue weighted by molar-refractivity contribution is 4.96. The molecule has 0 radical (unpaired) electrons. The zero-order valence-corrected chi connectivity index (χ0v) is 12.1. The van der Waals surface area contributed by atoms with Crippen LogP contribution in [0.25, 0.3) is 0 Å². The van der Waals surface area contributed by atoms with Crippen molar-refractivity contribution in [3.63, 3.8) is 0 Å². The molecule has 0 bridgehead atoms. The molecule has 20 heavy (non-hydrogen) atoms.